The monoisotopic (exact) mass is 252 g/mol. The highest BCUT2D eigenvalue weighted by atomic mass is 19.1. The van der Waals surface area contributed by atoms with Gasteiger partial charge in [-0.1, -0.05) is 0 Å². The van der Waals surface area contributed by atoms with Crippen LogP contribution in [0.1, 0.15) is 19.4 Å². The second-order valence-electron chi connectivity index (χ2n) is 5.59. The average Bonchev–Trinajstić information content (AvgIpc) is 2.32. The molecule has 0 bridgehead atoms. The lowest BCUT2D eigenvalue weighted by Gasteiger charge is -2.46. The summed E-state index contributed by atoms with van der Waals surface area (Å²) in [6.45, 7) is 7.01. The molecule has 4 heteroatoms. The number of anilines is 1. The van der Waals surface area contributed by atoms with Gasteiger partial charge in [-0.25, -0.2) is 4.39 Å². The third-order valence-electron chi connectivity index (χ3n) is 3.87. The first-order chi connectivity index (χ1) is 8.44. The van der Waals surface area contributed by atoms with Crippen LogP contribution >= 0.6 is 0 Å². The summed E-state index contributed by atoms with van der Waals surface area (Å²) in [5.74, 6) is -0.295. The molecule has 1 heterocycles. The highest BCUT2D eigenvalue weighted by Crippen LogP contribution is 2.27. The van der Waals surface area contributed by atoms with E-state index in [4.69, 9.17) is 0 Å². The summed E-state index contributed by atoms with van der Waals surface area (Å²) < 4.78 is 13.2. The zero-order valence-electron chi connectivity index (χ0n) is 11.3. The molecule has 0 radical (unpaired) electrons. The molecule has 1 aromatic carbocycles. The van der Waals surface area contributed by atoms with Crippen LogP contribution < -0.4 is 4.90 Å². The molecule has 1 fully saturated rings. The Labute approximate surface area is 108 Å². The Hall–Kier alpha value is -1.13. The van der Waals surface area contributed by atoms with Gasteiger partial charge in [0.05, 0.1) is 6.61 Å². The molecular formula is C14H21FN2O. The summed E-state index contributed by atoms with van der Waals surface area (Å²) >= 11 is 0. The van der Waals surface area contributed by atoms with Crippen molar-refractivity contribution in [1.29, 1.82) is 0 Å². The van der Waals surface area contributed by atoms with Crippen molar-refractivity contribution in [2.45, 2.75) is 26.0 Å². The normalized spacial score (nSPS) is 20.2. The maximum atomic E-state index is 13.2. The second-order valence-corrected chi connectivity index (χ2v) is 5.59. The lowest BCUT2D eigenvalue weighted by molar-refractivity contribution is 0.138. The minimum Gasteiger partial charge on any atom is -0.392 e. The highest BCUT2D eigenvalue weighted by Gasteiger charge is 2.31. The zero-order chi connectivity index (χ0) is 13.3. The van der Waals surface area contributed by atoms with Crippen LogP contribution in [0.2, 0.25) is 0 Å². The van der Waals surface area contributed by atoms with E-state index in [0.29, 0.717) is 5.56 Å². The van der Waals surface area contributed by atoms with E-state index in [1.807, 2.05) is 0 Å². The van der Waals surface area contributed by atoms with Crippen molar-refractivity contribution in [3.63, 3.8) is 0 Å². The number of benzene rings is 1. The number of piperazine rings is 1. The van der Waals surface area contributed by atoms with Crippen molar-refractivity contribution in [2.24, 2.45) is 0 Å². The van der Waals surface area contributed by atoms with Crippen LogP contribution in [0.25, 0.3) is 0 Å². The maximum absolute atomic E-state index is 13.2. The standard InChI is InChI=1S/C14H21FN2O/c1-14(2)10-17(7-6-16(14)3)13-5-4-12(15)8-11(13)9-18/h4-5,8,18H,6-7,9-10H2,1-3H3. The number of aliphatic hydroxyl groups excluding tert-OH is 1. The Bertz CT molecular complexity index is 434. The number of nitrogens with zero attached hydrogens (tertiary/aromatic N) is 2. The molecule has 0 amide bonds. The summed E-state index contributed by atoms with van der Waals surface area (Å²) in [5, 5.41) is 9.35. The third kappa shape index (κ3) is 2.49. The van der Waals surface area contributed by atoms with Crippen LogP contribution in [0.3, 0.4) is 0 Å². The van der Waals surface area contributed by atoms with Gasteiger partial charge in [-0.15, -0.1) is 0 Å². The average molecular weight is 252 g/mol. The summed E-state index contributed by atoms with van der Waals surface area (Å²) in [5.41, 5.74) is 1.69. The molecule has 1 N–H and O–H groups in total. The van der Waals surface area contributed by atoms with Crippen molar-refractivity contribution < 1.29 is 9.50 Å². The van der Waals surface area contributed by atoms with E-state index in [0.717, 1.165) is 25.3 Å². The molecule has 1 aliphatic rings. The van der Waals surface area contributed by atoms with E-state index in [-0.39, 0.29) is 18.0 Å². The SMILES string of the molecule is CN1CCN(c2ccc(F)cc2CO)CC1(C)C. The molecule has 0 saturated carbocycles. The van der Waals surface area contributed by atoms with Crippen LogP contribution in [0, 0.1) is 5.82 Å². The van der Waals surface area contributed by atoms with Crippen molar-refractivity contribution in [2.75, 3.05) is 31.6 Å². The largest absolute Gasteiger partial charge is 0.392 e. The third-order valence-corrected chi connectivity index (χ3v) is 3.87. The van der Waals surface area contributed by atoms with Gasteiger partial charge in [-0.3, -0.25) is 4.90 Å². The number of hydrogen-bond donors (Lipinski definition) is 1. The molecule has 0 aromatic heterocycles. The minimum absolute atomic E-state index is 0.0827. The fourth-order valence-electron chi connectivity index (χ4n) is 2.44. The number of hydrogen-bond acceptors (Lipinski definition) is 3. The molecule has 3 nitrogen and oxygen atoms in total. The zero-order valence-corrected chi connectivity index (χ0v) is 11.3. The van der Waals surface area contributed by atoms with Crippen molar-refractivity contribution in [1.82, 2.24) is 4.90 Å². The highest BCUT2D eigenvalue weighted by molar-refractivity contribution is 5.54. The van der Waals surface area contributed by atoms with Gasteiger partial charge in [0.2, 0.25) is 0 Å². The van der Waals surface area contributed by atoms with Gasteiger partial charge in [-0.2, -0.15) is 0 Å². The number of aliphatic hydroxyl groups is 1. The molecule has 2 rings (SSSR count). The molecule has 1 saturated heterocycles. The Morgan fingerprint density at radius 1 is 1.33 bits per heavy atom. The number of halogens is 1. The van der Waals surface area contributed by atoms with Gasteiger partial charge >= 0.3 is 0 Å². The van der Waals surface area contributed by atoms with E-state index in [1.54, 1.807) is 6.07 Å². The Morgan fingerprint density at radius 2 is 2.06 bits per heavy atom. The van der Waals surface area contributed by atoms with E-state index >= 15 is 0 Å². The van der Waals surface area contributed by atoms with E-state index in [2.05, 4.69) is 30.7 Å². The van der Waals surface area contributed by atoms with Crippen LogP contribution in [0.15, 0.2) is 18.2 Å². The fraction of sp³-hybridized carbons (Fsp3) is 0.571. The minimum atomic E-state index is -0.295. The lowest BCUT2D eigenvalue weighted by atomic mass is 9.98. The number of likely N-dealkylation sites (N-methyl/N-ethyl adjacent to an activating group) is 1. The quantitative estimate of drug-likeness (QED) is 0.870. The topological polar surface area (TPSA) is 26.7 Å². The van der Waals surface area contributed by atoms with Crippen LogP contribution in [0.4, 0.5) is 10.1 Å². The first kappa shape index (κ1) is 13.3. The van der Waals surface area contributed by atoms with Gasteiger partial charge in [0, 0.05) is 36.4 Å². The van der Waals surface area contributed by atoms with Crippen molar-refractivity contribution in [3.05, 3.63) is 29.6 Å². The van der Waals surface area contributed by atoms with Gasteiger partial charge in [0.25, 0.3) is 0 Å². The molecule has 1 aromatic rings. The first-order valence-corrected chi connectivity index (χ1v) is 6.29. The predicted octanol–water partition coefficient (Wildman–Crippen LogP) is 1.85. The molecule has 1 aliphatic heterocycles. The van der Waals surface area contributed by atoms with E-state index in [9.17, 15) is 9.50 Å². The first-order valence-electron chi connectivity index (χ1n) is 6.29. The Morgan fingerprint density at radius 3 is 2.67 bits per heavy atom. The lowest BCUT2D eigenvalue weighted by Crippen LogP contribution is -2.57. The molecule has 0 atom stereocenters. The molecule has 0 spiro atoms. The van der Waals surface area contributed by atoms with E-state index in [1.165, 1.54) is 12.1 Å². The Balaban J connectivity index is 2.27. The maximum Gasteiger partial charge on any atom is 0.123 e. The van der Waals surface area contributed by atoms with Gasteiger partial charge in [-0.05, 0) is 39.1 Å². The summed E-state index contributed by atoms with van der Waals surface area (Å²) in [4.78, 5) is 4.55. The number of rotatable bonds is 2. The summed E-state index contributed by atoms with van der Waals surface area (Å²) in [6.07, 6.45) is 0. The van der Waals surface area contributed by atoms with Crippen LogP contribution in [0.5, 0.6) is 0 Å². The summed E-state index contributed by atoms with van der Waals surface area (Å²) in [7, 11) is 2.12. The smallest absolute Gasteiger partial charge is 0.123 e. The Kier molecular flexibility index (Phi) is 3.59. The van der Waals surface area contributed by atoms with Crippen LogP contribution in [-0.2, 0) is 6.61 Å². The molecule has 0 unspecified atom stereocenters. The van der Waals surface area contributed by atoms with Gasteiger partial charge < -0.3 is 10.0 Å². The molecule has 18 heavy (non-hydrogen) atoms. The van der Waals surface area contributed by atoms with Gasteiger partial charge in [0.1, 0.15) is 5.82 Å². The predicted molar refractivity (Wildman–Crippen MR) is 71.2 cm³/mol. The van der Waals surface area contributed by atoms with Crippen molar-refractivity contribution in [3.8, 4) is 0 Å². The van der Waals surface area contributed by atoms with Gasteiger partial charge in [0.15, 0.2) is 0 Å². The summed E-state index contributed by atoms with van der Waals surface area (Å²) in [6, 6.07) is 4.64. The molecule has 100 valence electrons. The van der Waals surface area contributed by atoms with E-state index < -0.39 is 0 Å². The molecule has 0 aliphatic carbocycles. The van der Waals surface area contributed by atoms with Crippen LogP contribution in [-0.4, -0.2) is 42.2 Å². The second kappa shape index (κ2) is 4.86. The van der Waals surface area contributed by atoms with Crippen molar-refractivity contribution >= 4 is 5.69 Å². The fourth-order valence-corrected chi connectivity index (χ4v) is 2.44. The molecular weight excluding hydrogens is 231 g/mol.